The van der Waals surface area contributed by atoms with Crippen molar-refractivity contribution in [1.29, 1.82) is 0 Å². The summed E-state index contributed by atoms with van der Waals surface area (Å²) >= 11 is 0. The highest BCUT2D eigenvalue weighted by Gasteiger charge is 2.28. The molecule has 0 aliphatic carbocycles. The van der Waals surface area contributed by atoms with Crippen LogP contribution < -0.4 is 14.2 Å². The summed E-state index contributed by atoms with van der Waals surface area (Å²) in [6.07, 6.45) is 8.39. The maximum Gasteiger partial charge on any atom is 0.166 e. The SMILES string of the molecule is CCCCCCCCc1ccc(S(=O)(=O)[O-])cc1.COc1ccc([S+](c2ccc(OC)cc2)c2ccc(OC)cc2)cc1. The Balaban J connectivity index is 0.000000250. The van der Waals surface area contributed by atoms with E-state index in [1.54, 1.807) is 33.5 Å². The molecule has 0 spiro atoms. The first-order chi connectivity index (χ1) is 20.8. The van der Waals surface area contributed by atoms with Crippen LogP contribution in [0.3, 0.4) is 0 Å². The Kier molecular flexibility index (Phi) is 13.9. The minimum absolute atomic E-state index is 0.144. The van der Waals surface area contributed by atoms with E-state index in [0.717, 1.165) is 35.7 Å². The summed E-state index contributed by atoms with van der Waals surface area (Å²) in [5.41, 5.74) is 1.10. The Morgan fingerprint density at radius 1 is 0.558 bits per heavy atom. The van der Waals surface area contributed by atoms with E-state index in [4.69, 9.17) is 14.2 Å². The lowest BCUT2D eigenvalue weighted by molar-refractivity contribution is 0.414. The monoisotopic (exact) mass is 622 g/mol. The molecule has 4 aromatic rings. The fourth-order valence-electron chi connectivity index (χ4n) is 4.48. The summed E-state index contributed by atoms with van der Waals surface area (Å²) in [7, 11) is 0.530. The van der Waals surface area contributed by atoms with Crippen LogP contribution in [-0.4, -0.2) is 34.3 Å². The molecule has 0 aliphatic rings. The van der Waals surface area contributed by atoms with Crippen LogP contribution in [-0.2, 0) is 27.4 Å². The van der Waals surface area contributed by atoms with Gasteiger partial charge in [-0.05, 0) is 103 Å². The summed E-state index contributed by atoms with van der Waals surface area (Å²) in [6.45, 7) is 2.20. The van der Waals surface area contributed by atoms with Crippen molar-refractivity contribution in [3.05, 3.63) is 103 Å². The van der Waals surface area contributed by atoms with Crippen LogP contribution in [0.1, 0.15) is 51.0 Å². The molecule has 0 unspecified atom stereocenters. The van der Waals surface area contributed by atoms with Crippen LogP contribution in [0, 0.1) is 0 Å². The van der Waals surface area contributed by atoms with Gasteiger partial charge >= 0.3 is 0 Å². The summed E-state index contributed by atoms with van der Waals surface area (Å²) in [5, 5.41) is 0. The molecule has 4 rings (SSSR count). The molecule has 0 bridgehead atoms. The van der Waals surface area contributed by atoms with Crippen molar-refractivity contribution in [3.63, 3.8) is 0 Å². The molecule has 4 aromatic carbocycles. The molecule has 230 valence electrons. The van der Waals surface area contributed by atoms with Gasteiger partial charge in [0.1, 0.15) is 27.4 Å². The lowest BCUT2D eigenvalue weighted by Crippen LogP contribution is -2.05. The third kappa shape index (κ3) is 11.0. The van der Waals surface area contributed by atoms with Gasteiger partial charge in [-0.15, -0.1) is 0 Å². The predicted molar refractivity (Wildman–Crippen MR) is 173 cm³/mol. The van der Waals surface area contributed by atoms with Gasteiger partial charge < -0.3 is 18.8 Å². The molecule has 0 atom stereocenters. The third-order valence-electron chi connectivity index (χ3n) is 6.92. The van der Waals surface area contributed by atoms with Crippen molar-refractivity contribution >= 4 is 21.0 Å². The summed E-state index contributed by atoms with van der Waals surface area (Å²) in [6, 6.07) is 31.0. The van der Waals surface area contributed by atoms with Crippen LogP contribution in [0.15, 0.2) is 117 Å². The normalized spacial score (nSPS) is 11.0. The number of rotatable bonds is 14. The van der Waals surface area contributed by atoms with Gasteiger partial charge in [0.15, 0.2) is 14.7 Å². The van der Waals surface area contributed by atoms with E-state index in [1.165, 1.54) is 58.9 Å². The van der Waals surface area contributed by atoms with Crippen LogP contribution in [0.4, 0.5) is 0 Å². The number of aryl methyl sites for hydroxylation is 1. The van der Waals surface area contributed by atoms with E-state index in [1.807, 2.05) is 36.4 Å². The Morgan fingerprint density at radius 2 is 0.930 bits per heavy atom. The molecule has 0 fully saturated rings. The number of hydrogen-bond donors (Lipinski definition) is 0. The maximum atomic E-state index is 10.7. The van der Waals surface area contributed by atoms with Gasteiger partial charge in [0.05, 0.1) is 37.1 Å². The number of benzene rings is 4. The topological polar surface area (TPSA) is 84.9 Å². The van der Waals surface area contributed by atoms with Crippen molar-refractivity contribution in [3.8, 4) is 17.2 Å². The van der Waals surface area contributed by atoms with E-state index >= 15 is 0 Å². The van der Waals surface area contributed by atoms with Gasteiger partial charge in [-0.25, -0.2) is 8.42 Å². The zero-order valence-corrected chi connectivity index (χ0v) is 27.1. The van der Waals surface area contributed by atoms with Crippen molar-refractivity contribution < 1.29 is 27.2 Å². The van der Waals surface area contributed by atoms with Gasteiger partial charge in [-0.2, -0.15) is 0 Å². The maximum absolute atomic E-state index is 10.7. The van der Waals surface area contributed by atoms with Crippen LogP contribution in [0.5, 0.6) is 17.2 Å². The molecule has 0 aromatic heterocycles. The second-order valence-corrected chi connectivity index (χ2v) is 13.4. The van der Waals surface area contributed by atoms with Crippen molar-refractivity contribution in [1.82, 2.24) is 0 Å². The van der Waals surface area contributed by atoms with Crippen LogP contribution in [0.25, 0.3) is 0 Å². The molecule has 0 saturated carbocycles. The number of unbranched alkanes of at least 4 members (excludes halogenated alkanes) is 5. The third-order valence-corrected chi connectivity index (χ3v) is 10.00. The van der Waals surface area contributed by atoms with E-state index < -0.39 is 10.1 Å². The van der Waals surface area contributed by atoms with Crippen LogP contribution >= 0.6 is 0 Å². The molecule has 0 radical (unpaired) electrons. The molecule has 8 heteroatoms. The van der Waals surface area contributed by atoms with Crippen LogP contribution in [0.2, 0.25) is 0 Å². The molecule has 0 aliphatic heterocycles. The van der Waals surface area contributed by atoms with E-state index in [-0.39, 0.29) is 15.8 Å². The van der Waals surface area contributed by atoms with Gasteiger partial charge in [-0.3, -0.25) is 0 Å². The Bertz CT molecular complexity index is 1340. The first-order valence-electron chi connectivity index (χ1n) is 14.5. The molecular weight excluding hydrogens is 581 g/mol. The average molecular weight is 623 g/mol. The van der Waals surface area contributed by atoms with E-state index in [2.05, 4.69) is 43.3 Å². The van der Waals surface area contributed by atoms with E-state index in [0.29, 0.717) is 0 Å². The van der Waals surface area contributed by atoms with Crippen molar-refractivity contribution in [2.75, 3.05) is 21.3 Å². The average Bonchev–Trinajstić information content (AvgIpc) is 3.04. The number of ether oxygens (including phenoxy) is 3. The quantitative estimate of drug-likeness (QED) is 0.0799. The molecular formula is C35H42O6S2. The minimum atomic E-state index is -4.31. The van der Waals surface area contributed by atoms with Gasteiger partial charge in [0, 0.05) is 0 Å². The highest BCUT2D eigenvalue weighted by Crippen LogP contribution is 2.33. The molecule has 0 amide bonds. The Hall–Kier alpha value is -3.46. The Labute approximate surface area is 260 Å². The van der Waals surface area contributed by atoms with Gasteiger partial charge in [0.2, 0.25) is 0 Å². The lowest BCUT2D eigenvalue weighted by Gasteiger charge is -2.10. The second kappa shape index (κ2) is 17.6. The number of hydrogen-bond acceptors (Lipinski definition) is 6. The first-order valence-corrected chi connectivity index (χ1v) is 17.1. The van der Waals surface area contributed by atoms with Gasteiger partial charge in [-0.1, -0.05) is 51.2 Å². The molecule has 43 heavy (non-hydrogen) atoms. The summed E-state index contributed by atoms with van der Waals surface area (Å²) in [5.74, 6) is 2.57. The standard InChI is InChI=1S/C21H21O3S.C14H22O3S/c1-22-16-4-10-19(11-5-16)25(20-12-6-17(23-2)7-13-20)21-14-8-18(24-3)9-15-21;1-2-3-4-5-6-7-8-13-9-11-14(12-10-13)18(15,16)17/h4-15H,1-3H3;9-12H,2-8H2,1H3,(H,15,16,17)/q+1;/p-1. The predicted octanol–water partition coefficient (Wildman–Crippen LogP) is 8.30. The van der Waals surface area contributed by atoms with Crippen molar-refractivity contribution in [2.45, 2.75) is 71.5 Å². The second-order valence-electron chi connectivity index (χ2n) is 9.95. The fraction of sp³-hybridized carbons (Fsp3) is 0.314. The highest BCUT2D eigenvalue weighted by molar-refractivity contribution is 7.97. The lowest BCUT2D eigenvalue weighted by atomic mass is 10.1. The zero-order valence-electron chi connectivity index (χ0n) is 25.5. The summed E-state index contributed by atoms with van der Waals surface area (Å²) in [4.78, 5) is 3.55. The molecule has 0 saturated heterocycles. The van der Waals surface area contributed by atoms with Crippen molar-refractivity contribution in [2.24, 2.45) is 0 Å². The zero-order chi connectivity index (χ0) is 31.1. The molecule has 6 nitrogen and oxygen atoms in total. The minimum Gasteiger partial charge on any atom is -0.744 e. The Morgan fingerprint density at radius 3 is 1.28 bits per heavy atom. The first kappa shape index (κ1) is 34.0. The molecule has 0 heterocycles. The number of methoxy groups -OCH3 is 3. The van der Waals surface area contributed by atoms with E-state index in [9.17, 15) is 13.0 Å². The van der Waals surface area contributed by atoms with Gasteiger partial charge in [0.25, 0.3) is 0 Å². The highest BCUT2D eigenvalue weighted by atomic mass is 32.2. The largest absolute Gasteiger partial charge is 0.744 e. The molecule has 0 N–H and O–H groups in total. The summed E-state index contributed by atoms with van der Waals surface area (Å²) < 4.78 is 48.1. The fourth-order valence-corrected chi connectivity index (χ4v) is 6.99. The smallest absolute Gasteiger partial charge is 0.166 e.